The molecule has 3 heteroatoms. The minimum atomic E-state index is 0.784. The SMILES string of the molecule is COc1cccc(OC)c1Cc1cccc(Br)c1. The van der Waals surface area contributed by atoms with Crippen molar-refractivity contribution in [2.75, 3.05) is 14.2 Å². The molecule has 0 saturated carbocycles. The molecular weight excluding hydrogens is 292 g/mol. The molecule has 18 heavy (non-hydrogen) atoms. The Morgan fingerprint density at radius 2 is 1.56 bits per heavy atom. The summed E-state index contributed by atoms with van der Waals surface area (Å²) >= 11 is 3.48. The van der Waals surface area contributed by atoms with E-state index in [0.29, 0.717) is 0 Å². The number of halogens is 1. The third-order valence-corrected chi connectivity index (χ3v) is 3.29. The second-order valence-electron chi connectivity index (χ2n) is 3.95. The first kappa shape index (κ1) is 13.0. The van der Waals surface area contributed by atoms with Crippen molar-refractivity contribution >= 4 is 15.9 Å². The molecule has 0 amide bonds. The van der Waals surface area contributed by atoms with Crippen molar-refractivity contribution in [1.29, 1.82) is 0 Å². The Morgan fingerprint density at radius 3 is 2.11 bits per heavy atom. The molecule has 0 fully saturated rings. The molecule has 0 radical (unpaired) electrons. The van der Waals surface area contributed by atoms with Crippen LogP contribution in [0.15, 0.2) is 46.9 Å². The molecule has 0 N–H and O–H groups in total. The Bertz CT molecular complexity index is 516. The molecule has 0 aliphatic carbocycles. The summed E-state index contributed by atoms with van der Waals surface area (Å²) in [7, 11) is 3.36. The average molecular weight is 307 g/mol. The fourth-order valence-electron chi connectivity index (χ4n) is 1.95. The van der Waals surface area contributed by atoms with Gasteiger partial charge in [-0.25, -0.2) is 0 Å². The molecule has 0 spiro atoms. The van der Waals surface area contributed by atoms with E-state index in [1.807, 2.05) is 30.3 Å². The van der Waals surface area contributed by atoms with Crippen LogP contribution in [0.3, 0.4) is 0 Å². The highest BCUT2D eigenvalue weighted by Crippen LogP contribution is 2.30. The number of hydrogen-bond donors (Lipinski definition) is 0. The van der Waals surface area contributed by atoms with Crippen molar-refractivity contribution in [2.24, 2.45) is 0 Å². The van der Waals surface area contributed by atoms with Gasteiger partial charge in [0.15, 0.2) is 0 Å². The highest BCUT2D eigenvalue weighted by molar-refractivity contribution is 9.10. The summed E-state index contributed by atoms with van der Waals surface area (Å²) in [6, 6.07) is 14.1. The maximum Gasteiger partial charge on any atom is 0.126 e. The van der Waals surface area contributed by atoms with Crippen LogP contribution in [0.2, 0.25) is 0 Å². The van der Waals surface area contributed by atoms with Gasteiger partial charge < -0.3 is 9.47 Å². The molecular formula is C15H15BrO2. The second kappa shape index (κ2) is 5.91. The molecule has 2 nitrogen and oxygen atoms in total. The lowest BCUT2D eigenvalue weighted by atomic mass is 10.0. The van der Waals surface area contributed by atoms with Crippen molar-refractivity contribution in [1.82, 2.24) is 0 Å². The minimum absolute atomic E-state index is 0.784. The quantitative estimate of drug-likeness (QED) is 0.848. The summed E-state index contributed by atoms with van der Waals surface area (Å²) in [5.41, 5.74) is 2.28. The van der Waals surface area contributed by atoms with Crippen molar-refractivity contribution < 1.29 is 9.47 Å². The molecule has 0 aromatic heterocycles. The largest absolute Gasteiger partial charge is 0.496 e. The Hall–Kier alpha value is -1.48. The molecule has 0 saturated heterocycles. The molecule has 2 aromatic rings. The van der Waals surface area contributed by atoms with E-state index in [9.17, 15) is 0 Å². The van der Waals surface area contributed by atoms with Gasteiger partial charge in [0.25, 0.3) is 0 Å². The second-order valence-corrected chi connectivity index (χ2v) is 4.86. The molecule has 0 unspecified atom stereocenters. The Morgan fingerprint density at radius 1 is 0.944 bits per heavy atom. The Labute approximate surface area is 116 Å². The zero-order valence-electron chi connectivity index (χ0n) is 10.4. The summed E-state index contributed by atoms with van der Waals surface area (Å²) in [6.45, 7) is 0. The lowest BCUT2D eigenvalue weighted by Crippen LogP contribution is -1.97. The predicted molar refractivity (Wildman–Crippen MR) is 76.5 cm³/mol. The van der Waals surface area contributed by atoms with Crippen LogP contribution in [0.5, 0.6) is 11.5 Å². The lowest BCUT2D eigenvalue weighted by Gasteiger charge is -2.13. The van der Waals surface area contributed by atoms with Crippen LogP contribution >= 0.6 is 15.9 Å². The van der Waals surface area contributed by atoms with Crippen LogP contribution in [0.25, 0.3) is 0 Å². The molecule has 0 heterocycles. The normalized spacial score (nSPS) is 10.2. The van der Waals surface area contributed by atoms with Crippen LogP contribution in [0.1, 0.15) is 11.1 Å². The summed E-state index contributed by atoms with van der Waals surface area (Å²) < 4.78 is 11.9. The highest BCUT2D eigenvalue weighted by atomic mass is 79.9. The van der Waals surface area contributed by atoms with E-state index in [1.165, 1.54) is 5.56 Å². The van der Waals surface area contributed by atoms with Crippen molar-refractivity contribution in [3.8, 4) is 11.5 Å². The molecule has 94 valence electrons. The van der Waals surface area contributed by atoms with E-state index < -0.39 is 0 Å². The molecule has 2 rings (SSSR count). The van der Waals surface area contributed by atoms with Crippen LogP contribution in [0, 0.1) is 0 Å². The van der Waals surface area contributed by atoms with Crippen molar-refractivity contribution in [3.63, 3.8) is 0 Å². The highest BCUT2D eigenvalue weighted by Gasteiger charge is 2.10. The summed E-state index contributed by atoms with van der Waals surface area (Å²) in [5, 5.41) is 0. The van der Waals surface area contributed by atoms with E-state index in [4.69, 9.17) is 9.47 Å². The van der Waals surface area contributed by atoms with Gasteiger partial charge in [0.1, 0.15) is 11.5 Å². The summed E-state index contributed by atoms with van der Waals surface area (Å²) in [4.78, 5) is 0. The molecule has 0 atom stereocenters. The standard InChI is InChI=1S/C15H15BrO2/c1-17-14-7-4-8-15(18-2)13(14)10-11-5-3-6-12(16)9-11/h3-9H,10H2,1-2H3. The average Bonchev–Trinajstić information content (AvgIpc) is 2.39. The minimum Gasteiger partial charge on any atom is -0.496 e. The monoisotopic (exact) mass is 306 g/mol. The first-order valence-corrected chi connectivity index (χ1v) is 6.48. The summed E-state index contributed by atoms with van der Waals surface area (Å²) in [6.07, 6.45) is 0.784. The van der Waals surface area contributed by atoms with Gasteiger partial charge in [-0.1, -0.05) is 34.1 Å². The van der Waals surface area contributed by atoms with Gasteiger partial charge >= 0.3 is 0 Å². The lowest BCUT2D eigenvalue weighted by molar-refractivity contribution is 0.387. The topological polar surface area (TPSA) is 18.5 Å². The van der Waals surface area contributed by atoms with Gasteiger partial charge in [0.2, 0.25) is 0 Å². The molecule has 0 aliphatic rings. The van der Waals surface area contributed by atoms with E-state index >= 15 is 0 Å². The zero-order chi connectivity index (χ0) is 13.0. The van der Waals surface area contributed by atoms with E-state index in [0.717, 1.165) is 28.0 Å². The Kier molecular flexibility index (Phi) is 4.26. The van der Waals surface area contributed by atoms with Gasteiger partial charge in [-0.05, 0) is 29.8 Å². The van der Waals surface area contributed by atoms with Crippen LogP contribution in [-0.2, 0) is 6.42 Å². The number of rotatable bonds is 4. The van der Waals surface area contributed by atoms with Gasteiger partial charge in [-0.2, -0.15) is 0 Å². The number of benzene rings is 2. The van der Waals surface area contributed by atoms with Crippen LogP contribution in [0.4, 0.5) is 0 Å². The van der Waals surface area contributed by atoms with Gasteiger partial charge in [-0.15, -0.1) is 0 Å². The van der Waals surface area contributed by atoms with E-state index in [1.54, 1.807) is 14.2 Å². The first-order valence-electron chi connectivity index (χ1n) is 5.69. The summed E-state index contributed by atoms with van der Waals surface area (Å²) in [5.74, 6) is 1.71. The van der Waals surface area contributed by atoms with Crippen LogP contribution < -0.4 is 9.47 Å². The van der Waals surface area contributed by atoms with Gasteiger partial charge in [-0.3, -0.25) is 0 Å². The third-order valence-electron chi connectivity index (χ3n) is 2.80. The van der Waals surface area contributed by atoms with Crippen molar-refractivity contribution in [2.45, 2.75) is 6.42 Å². The number of ether oxygens (including phenoxy) is 2. The number of methoxy groups -OCH3 is 2. The van der Waals surface area contributed by atoms with Crippen LogP contribution in [-0.4, -0.2) is 14.2 Å². The molecule has 0 aliphatic heterocycles. The fourth-order valence-corrected chi connectivity index (χ4v) is 2.40. The van der Waals surface area contributed by atoms with E-state index in [2.05, 4.69) is 28.1 Å². The fraction of sp³-hybridized carbons (Fsp3) is 0.200. The zero-order valence-corrected chi connectivity index (χ0v) is 12.0. The van der Waals surface area contributed by atoms with Crippen molar-refractivity contribution in [3.05, 3.63) is 58.1 Å². The molecule has 0 bridgehead atoms. The molecule has 2 aromatic carbocycles. The van der Waals surface area contributed by atoms with Gasteiger partial charge in [0.05, 0.1) is 14.2 Å². The number of hydrogen-bond acceptors (Lipinski definition) is 2. The maximum absolute atomic E-state index is 5.40. The third kappa shape index (κ3) is 2.85. The predicted octanol–water partition coefficient (Wildman–Crippen LogP) is 4.06. The first-order chi connectivity index (χ1) is 8.74. The van der Waals surface area contributed by atoms with E-state index in [-0.39, 0.29) is 0 Å². The smallest absolute Gasteiger partial charge is 0.126 e. The van der Waals surface area contributed by atoms with Gasteiger partial charge in [0, 0.05) is 16.5 Å². The maximum atomic E-state index is 5.40. The Balaban J connectivity index is 2.38.